The van der Waals surface area contributed by atoms with Crippen LogP contribution >= 0.6 is 0 Å². The molecule has 0 amide bonds. The van der Waals surface area contributed by atoms with E-state index >= 15 is 0 Å². The predicted molar refractivity (Wildman–Crippen MR) is 80.2 cm³/mol. The second-order valence-corrected chi connectivity index (χ2v) is 7.43. The molecule has 1 unspecified atom stereocenters. The fraction of sp³-hybridized carbons (Fsp3) is 0.667. The molecule has 5 rings (SSSR count). The zero-order valence-corrected chi connectivity index (χ0v) is 12.1. The fourth-order valence-corrected chi connectivity index (χ4v) is 5.27. The Morgan fingerprint density at radius 3 is 2.10 bits per heavy atom. The van der Waals surface area contributed by atoms with Gasteiger partial charge in [0.15, 0.2) is 0 Å². The van der Waals surface area contributed by atoms with Crippen LogP contribution < -0.4 is 5.73 Å². The normalized spacial score (nSPS) is 40.0. The Bertz CT molecular complexity index is 434. The van der Waals surface area contributed by atoms with Gasteiger partial charge in [0.05, 0.1) is 18.2 Å². The molecule has 4 aliphatic carbocycles. The number of ether oxygens (including phenoxy) is 1. The third-order valence-corrected chi connectivity index (χ3v) is 5.78. The van der Waals surface area contributed by atoms with E-state index in [4.69, 9.17) is 10.5 Å². The maximum atomic E-state index is 6.43. The molecule has 1 aromatic rings. The van der Waals surface area contributed by atoms with Crippen molar-refractivity contribution in [3.63, 3.8) is 0 Å². The van der Waals surface area contributed by atoms with Gasteiger partial charge in [-0.05, 0) is 61.8 Å². The van der Waals surface area contributed by atoms with Crippen molar-refractivity contribution in [1.29, 1.82) is 0 Å². The quantitative estimate of drug-likeness (QED) is 0.906. The number of nitrogens with two attached hydrogens (primary N) is 1. The second-order valence-electron chi connectivity index (χ2n) is 7.43. The summed E-state index contributed by atoms with van der Waals surface area (Å²) in [5, 5.41) is 0. The SMILES string of the molecule is NC(COC12CC3CC(CC(C3)C1)C2)c1ccccc1. The summed E-state index contributed by atoms with van der Waals surface area (Å²) in [7, 11) is 0. The van der Waals surface area contributed by atoms with Gasteiger partial charge in [-0.25, -0.2) is 0 Å². The van der Waals surface area contributed by atoms with Crippen LogP contribution in [0, 0.1) is 17.8 Å². The molecule has 1 atom stereocenters. The van der Waals surface area contributed by atoms with Gasteiger partial charge in [0.2, 0.25) is 0 Å². The van der Waals surface area contributed by atoms with E-state index < -0.39 is 0 Å². The van der Waals surface area contributed by atoms with E-state index in [1.165, 1.54) is 44.1 Å². The summed E-state index contributed by atoms with van der Waals surface area (Å²) in [6.45, 7) is 0.677. The molecule has 4 aliphatic rings. The highest BCUT2D eigenvalue weighted by Crippen LogP contribution is 2.57. The van der Waals surface area contributed by atoms with E-state index in [1.807, 2.05) is 6.07 Å². The molecule has 0 heterocycles. The van der Waals surface area contributed by atoms with Gasteiger partial charge in [-0.2, -0.15) is 0 Å². The van der Waals surface area contributed by atoms with Crippen molar-refractivity contribution in [3.05, 3.63) is 35.9 Å². The first kappa shape index (κ1) is 12.8. The Morgan fingerprint density at radius 2 is 1.55 bits per heavy atom. The Balaban J connectivity index is 1.42. The largest absolute Gasteiger partial charge is 0.373 e. The topological polar surface area (TPSA) is 35.2 Å². The van der Waals surface area contributed by atoms with Crippen LogP contribution in [0.1, 0.15) is 50.1 Å². The number of rotatable bonds is 4. The van der Waals surface area contributed by atoms with Crippen LogP contribution in [0.5, 0.6) is 0 Å². The molecule has 0 radical (unpaired) electrons. The maximum Gasteiger partial charge on any atom is 0.0691 e. The van der Waals surface area contributed by atoms with Crippen molar-refractivity contribution in [2.24, 2.45) is 23.5 Å². The number of benzene rings is 1. The third-order valence-electron chi connectivity index (χ3n) is 5.78. The maximum absolute atomic E-state index is 6.43. The highest BCUT2D eigenvalue weighted by molar-refractivity contribution is 5.18. The van der Waals surface area contributed by atoms with E-state index in [0.29, 0.717) is 6.61 Å². The summed E-state index contributed by atoms with van der Waals surface area (Å²) in [4.78, 5) is 0. The third kappa shape index (κ3) is 2.29. The zero-order chi connectivity index (χ0) is 13.6. The number of hydrogen-bond acceptors (Lipinski definition) is 2. The standard InChI is InChI=1S/C18H25NO/c19-17(16-4-2-1-3-5-16)12-20-18-9-13-6-14(10-18)8-15(7-13)11-18/h1-5,13-15,17H,6-12,19H2. The van der Waals surface area contributed by atoms with E-state index in [9.17, 15) is 0 Å². The van der Waals surface area contributed by atoms with Crippen molar-refractivity contribution in [2.75, 3.05) is 6.61 Å². The van der Waals surface area contributed by atoms with Gasteiger partial charge < -0.3 is 10.5 Å². The van der Waals surface area contributed by atoms with Gasteiger partial charge in [-0.15, -0.1) is 0 Å². The van der Waals surface area contributed by atoms with Gasteiger partial charge in [-0.1, -0.05) is 30.3 Å². The number of hydrogen-bond donors (Lipinski definition) is 1. The van der Waals surface area contributed by atoms with Crippen LogP contribution in [0.25, 0.3) is 0 Å². The monoisotopic (exact) mass is 271 g/mol. The van der Waals surface area contributed by atoms with Gasteiger partial charge >= 0.3 is 0 Å². The van der Waals surface area contributed by atoms with Crippen molar-refractivity contribution in [3.8, 4) is 0 Å². The lowest BCUT2D eigenvalue weighted by atomic mass is 9.54. The Kier molecular flexibility index (Phi) is 3.12. The zero-order valence-electron chi connectivity index (χ0n) is 12.1. The lowest BCUT2D eigenvalue weighted by Gasteiger charge is -2.56. The fourth-order valence-electron chi connectivity index (χ4n) is 5.27. The molecule has 0 aliphatic heterocycles. The molecule has 4 fully saturated rings. The molecule has 4 saturated carbocycles. The van der Waals surface area contributed by atoms with Gasteiger partial charge in [0.25, 0.3) is 0 Å². The van der Waals surface area contributed by atoms with Crippen LogP contribution in [0.15, 0.2) is 30.3 Å². The average Bonchev–Trinajstić information content (AvgIpc) is 2.44. The smallest absolute Gasteiger partial charge is 0.0691 e. The van der Waals surface area contributed by atoms with Crippen molar-refractivity contribution >= 4 is 0 Å². The van der Waals surface area contributed by atoms with E-state index in [0.717, 1.165) is 17.8 Å². The minimum atomic E-state index is 0.0178. The molecule has 1 aromatic carbocycles. The van der Waals surface area contributed by atoms with E-state index in [2.05, 4.69) is 24.3 Å². The molecule has 0 aromatic heterocycles. The van der Waals surface area contributed by atoms with Crippen molar-refractivity contribution in [1.82, 2.24) is 0 Å². The van der Waals surface area contributed by atoms with Crippen LogP contribution in [0.4, 0.5) is 0 Å². The molecule has 0 saturated heterocycles. The molecule has 20 heavy (non-hydrogen) atoms. The molecule has 2 heteroatoms. The van der Waals surface area contributed by atoms with Crippen LogP contribution in [0.2, 0.25) is 0 Å². The van der Waals surface area contributed by atoms with Crippen molar-refractivity contribution < 1.29 is 4.74 Å². The lowest BCUT2D eigenvalue weighted by molar-refractivity contribution is -0.164. The first-order valence-electron chi connectivity index (χ1n) is 8.17. The summed E-state index contributed by atoms with van der Waals surface area (Å²) < 4.78 is 6.43. The Hall–Kier alpha value is -0.860. The minimum Gasteiger partial charge on any atom is -0.373 e. The second kappa shape index (κ2) is 4.85. The van der Waals surface area contributed by atoms with Gasteiger partial charge in [-0.3, -0.25) is 0 Å². The summed E-state index contributed by atoms with van der Waals surface area (Å²) in [6.07, 6.45) is 8.27. The Morgan fingerprint density at radius 1 is 1.00 bits per heavy atom. The summed E-state index contributed by atoms with van der Waals surface area (Å²) in [5.74, 6) is 2.82. The molecular weight excluding hydrogens is 246 g/mol. The van der Waals surface area contributed by atoms with Crippen molar-refractivity contribution in [2.45, 2.75) is 50.2 Å². The molecular formula is C18H25NO. The van der Waals surface area contributed by atoms with Crippen LogP contribution in [0.3, 0.4) is 0 Å². The van der Waals surface area contributed by atoms with Crippen LogP contribution in [-0.2, 0) is 4.74 Å². The molecule has 4 bridgehead atoms. The predicted octanol–water partition coefficient (Wildman–Crippen LogP) is 3.67. The molecule has 2 nitrogen and oxygen atoms in total. The molecule has 0 spiro atoms. The van der Waals surface area contributed by atoms with Crippen LogP contribution in [-0.4, -0.2) is 12.2 Å². The van der Waals surface area contributed by atoms with E-state index in [1.54, 1.807) is 0 Å². The lowest BCUT2D eigenvalue weighted by Crippen LogP contribution is -2.52. The summed E-state index contributed by atoms with van der Waals surface area (Å²) >= 11 is 0. The minimum absolute atomic E-state index is 0.0178. The Labute approximate surface area is 121 Å². The summed E-state index contributed by atoms with van der Waals surface area (Å²) in [6, 6.07) is 10.4. The van der Waals surface area contributed by atoms with Gasteiger partial charge in [0.1, 0.15) is 0 Å². The van der Waals surface area contributed by atoms with Gasteiger partial charge in [0, 0.05) is 0 Å². The highest BCUT2D eigenvalue weighted by atomic mass is 16.5. The summed E-state index contributed by atoms with van der Waals surface area (Å²) in [5.41, 5.74) is 7.67. The van der Waals surface area contributed by atoms with E-state index in [-0.39, 0.29) is 11.6 Å². The first-order chi connectivity index (χ1) is 9.72. The highest BCUT2D eigenvalue weighted by Gasteiger charge is 2.51. The molecule has 2 N–H and O–H groups in total. The first-order valence-corrected chi connectivity index (χ1v) is 8.17. The average molecular weight is 271 g/mol. The molecule has 108 valence electrons.